The molecular weight excluding hydrogens is 232 g/mol. The molecule has 0 bridgehead atoms. The molecule has 0 aliphatic rings. The number of aryl methyl sites for hydroxylation is 1. The smallest absolute Gasteiger partial charge is 0.345 e. The summed E-state index contributed by atoms with van der Waals surface area (Å²) in [7, 11) is 1.71. The molecule has 0 N–H and O–H groups in total. The molecule has 1 heterocycles. The van der Waals surface area contributed by atoms with E-state index < -0.39 is 5.97 Å². The number of benzene rings is 1. The molecule has 0 fully saturated rings. The first-order valence-corrected chi connectivity index (χ1v) is 5.66. The maximum absolute atomic E-state index is 12.1. The second-order valence-electron chi connectivity index (χ2n) is 3.79. The molecule has 0 atom stereocenters. The van der Waals surface area contributed by atoms with Crippen molar-refractivity contribution in [3.05, 3.63) is 52.4 Å². The Morgan fingerprint density at radius 1 is 1.28 bits per heavy atom. The predicted molar refractivity (Wildman–Crippen MR) is 67.0 cm³/mol. The van der Waals surface area contributed by atoms with E-state index >= 15 is 0 Å². The Morgan fingerprint density at radius 3 is 2.56 bits per heavy atom. The van der Waals surface area contributed by atoms with Gasteiger partial charge in [-0.2, -0.15) is 0 Å². The number of nitrogens with zero attached hydrogens (tertiary/aromatic N) is 2. The summed E-state index contributed by atoms with van der Waals surface area (Å²) >= 11 is 0. The topological polar surface area (TPSA) is 53.2 Å². The van der Waals surface area contributed by atoms with E-state index in [4.69, 9.17) is 4.74 Å². The van der Waals surface area contributed by atoms with E-state index in [0.717, 1.165) is 0 Å². The van der Waals surface area contributed by atoms with Gasteiger partial charge in [-0.3, -0.25) is 9.48 Å². The molecule has 0 aliphatic carbocycles. The van der Waals surface area contributed by atoms with Crippen LogP contribution in [0.2, 0.25) is 0 Å². The number of carbonyl (C=O) groups is 1. The van der Waals surface area contributed by atoms with Gasteiger partial charge < -0.3 is 4.74 Å². The molecule has 2 rings (SSSR count). The number of hydrogen-bond acceptors (Lipinski definition) is 3. The van der Waals surface area contributed by atoms with E-state index in [0.29, 0.717) is 5.69 Å². The Hall–Kier alpha value is -2.30. The number of hydrogen-bond donors (Lipinski definition) is 0. The van der Waals surface area contributed by atoms with Crippen LogP contribution in [-0.2, 0) is 11.8 Å². The van der Waals surface area contributed by atoms with E-state index in [1.807, 2.05) is 18.2 Å². The second-order valence-corrected chi connectivity index (χ2v) is 3.79. The molecule has 5 nitrogen and oxygen atoms in total. The van der Waals surface area contributed by atoms with Crippen molar-refractivity contribution in [1.29, 1.82) is 0 Å². The van der Waals surface area contributed by atoms with Gasteiger partial charge in [0, 0.05) is 13.2 Å². The van der Waals surface area contributed by atoms with Crippen LogP contribution in [0.15, 0.2) is 41.3 Å². The summed E-state index contributed by atoms with van der Waals surface area (Å²) in [5, 5.41) is 0. The van der Waals surface area contributed by atoms with Gasteiger partial charge in [-0.15, -0.1) is 0 Å². The number of esters is 1. The fourth-order valence-corrected chi connectivity index (χ4v) is 1.77. The Labute approximate surface area is 104 Å². The highest BCUT2D eigenvalue weighted by atomic mass is 16.5. The third-order valence-electron chi connectivity index (χ3n) is 2.55. The van der Waals surface area contributed by atoms with Crippen LogP contribution in [0, 0.1) is 0 Å². The van der Waals surface area contributed by atoms with Crippen molar-refractivity contribution in [1.82, 2.24) is 9.36 Å². The van der Waals surface area contributed by atoms with Crippen LogP contribution in [0.1, 0.15) is 17.3 Å². The summed E-state index contributed by atoms with van der Waals surface area (Å²) in [5.41, 5.74) is 0.380. The third kappa shape index (κ3) is 2.07. The summed E-state index contributed by atoms with van der Waals surface area (Å²) in [5.74, 6) is -0.590. The summed E-state index contributed by atoms with van der Waals surface area (Å²) in [4.78, 5) is 23.8. The van der Waals surface area contributed by atoms with Crippen LogP contribution >= 0.6 is 0 Å². The lowest BCUT2D eigenvalue weighted by Crippen LogP contribution is -2.23. The molecule has 1 aromatic carbocycles. The fraction of sp³-hybridized carbons (Fsp3) is 0.231. The SMILES string of the molecule is CCOC(=O)c1cn(C)n(-c2ccccc2)c1=O. The van der Waals surface area contributed by atoms with E-state index in [-0.39, 0.29) is 17.7 Å². The van der Waals surface area contributed by atoms with Crippen molar-refractivity contribution in [3.8, 4) is 5.69 Å². The Balaban J connectivity index is 2.52. The fourth-order valence-electron chi connectivity index (χ4n) is 1.77. The van der Waals surface area contributed by atoms with Gasteiger partial charge in [-0.1, -0.05) is 18.2 Å². The first-order chi connectivity index (χ1) is 8.65. The van der Waals surface area contributed by atoms with Gasteiger partial charge in [0.1, 0.15) is 5.56 Å². The van der Waals surface area contributed by atoms with Crippen molar-refractivity contribution < 1.29 is 9.53 Å². The van der Waals surface area contributed by atoms with Gasteiger partial charge in [-0.25, -0.2) is 9.48 Å². The van der Waals surface area contributed by atoms with Crippen LogP contribution in [0.3, 0.4) is 0 Å². The molecule has 0 amide bonds. The van der Waals surface area contributed by atoms with Gasteiger partial charge in [0.25, 0.3) is 5.56 Å². The van der Waals surface area contributed by atoms with Crippen LogP contribution in [0.4, 0.5) is 0 Å². The van der Waals surface area contributed by atoms with Crippen molar-refractivity contribution >= 4 is 5.97 Å². The van der Waals surface area contributed by atoms with Crippen molar-refractivity contribution in [3.63, 3.8) is 0 Å². The van der Waals surface area contributed by atoms with E-state index in [9.17, 15) is 9.59 Å². The van der Waals surface area contributed by atoms with Crippen LogP contribution in [-0.4, -0.2) is 21.9 Å². The molecule has 0 saturated heterocycles. The van der Waals surface area contributed by atoms with Gasteiger partial charge in [0.2, 0.25) is 0 Å². The van der Waals surface area contributed by atoms with Crippen LogP contribution in [0.25, 0.3) is 5.69 Å². The monoisotopic (exact) mass is 246 g/mol. The summed E-state index contributed by atoms with van der Waals surface area (Å²) in [6.45, 7) is 1.95. The maximum Gasteiger partial charge on any atom is 0.345 e. The molecule has 0 saturated carbocycles. The maximum atomic E-state index is 12.1. The largest absolute Gasteiger partial charge is 0.462 e. The first-order valence-electron chi connectivity index (χ1n) is 5.66. The van der Waals surface area contributed by atoms with Crippen molar-refractivity contribution in [2.75, 3.05) is 6.61 Å². The van der Waals surface area contributed by atoms with Gasteiger partial charge in [0.05, 0.1) is 12.3 Å². The quantitative estimate of drug-likeness (QED) is 0.768. The second kappa shape index (κ2) is 4.91. The first kappa shape index (κ1) is 12.2. The predicted octanol–water partition coefficient (Wildman–Crippen LogP) is 1.35. The van der Waals surface area contributed by atoms with E-state index in [1.54, 1.807) is 30.8 Å². The normalized spacial score (nSPS) is 10.3. The highest BCUT2D eigenvalue weighted by Gasteiger charge is 2.18. The Kier molecular flexibility index (Phi) is 3.32. The number of carbonyl (C=O) groups excluding carboxylic acids is 1. The average Bonchev–Trinajstić information content (AvgIpc) is 2.66. The molecule has 0 aliphatic heterocycles. The van der Waals surface area contributed by atoms with Gasteiger partial charge in [0.15, 0.2) is 0 Å². The minimum Gasteiger partial charge on any atom is -0.462 e. The molecule has 0 spiro atoms. The zero-order valence-corrected chi connectivity index (χ0v) is 10.3. The average molecular weight is 246 g/mol. The van der Waals surface area contributed by atoms with E-state index in [1.165, 1.54) is 10.9 Å². The number of aromatic nitrogens is 2. The molecule has 18 heavy (non-hydrogen) atoms. The molecule has 0 unspecified atom stereocenters. The van der Waals surface area contributed by atoms with Crippen molar-refractivity contribution in [2.24, 2.45) is 7.05 Å². The highest BCUT2D eigenvalue weighted by molar-refractivity contribution is 5.88. The summed E-state index contributed by atoms with van der Waals surface area (Å²) < 4.78 is 7.84. The standard InChI is InChI=1S/C13H14N2O3/c1-3-18-13(17)11-9-14(2)15(12(11)16)10-7-5-4-6-8-10/h4-9H,3H2,1-2H3. The van der Waals surface area contributed by atoms with Crippen LogP contribution < -0.4 is 5.56 Å². The Bertz CT molecular complexity index is 611. The molecule has 0 radical (unpaired) electrons. The zero-order valence-electron chi connectivity index (χ0n) is 10.3. The number of para-hydroxylation sites is 1. The summed E-state index contributed by atoms with van der Waals surface area (Å²) in [6, 6.07) is 9.13. The molecule has 5 heteroatoms. The van der Waals surface area contributed by atoms with Gasteiger partial charge in [-0.05, 0) is 19.1 Å². The van der Waals surface area contributed by atoms with Gasteiger partial charge >= 0.3 is 5.97 Å². The number of rotatable bonds is 3. The molecule has 94 valence electrons. The lowest BCUT2D eigenvalue weighted by molar-refractivity contribution is 0.0524. The molecule has 2 aromatic rings. The molecule has 1 aromatic heterocycles. The minimum absolute atomic E-state index is 0.0446. The molecular formula is C13H14N2O3. The van der Waals surface area contributed by atoms with Crippen LogP contribution in [0.5, 0.6) is 0 Å². The zero-order chi connectivity index (χ0) is 13.1. The lowest BCUT2D eigenvalue weighted by Gasteiger charge is -2.05. The minimum atomic E-state index is -0.590. The third-order valence-corrected chi connectivity index (χ3v) is 2.55. The van der Waals surface area contributed by atoms with Crippen molar-refractivity contribution in [2.45, 2.75) is 6.92 Å². The van der Waals surface area contributed by atoms with E-state index in [2.05, 4.69) is 0 Å². The lowest BCUT2D eigenvalue weighted by atomic mass is 10.3. The number of ether oxygens (including phenoxy) is 1. The highest BCUT2D eigenvalue weighted by Crippen LogP contribution is 2.06. The Morgan fingerprint density at radius 2 is 1.94 bits per heavy atom. The summed E-state index contributed by atoms with van der Waals surface area (Å²) in [6.07, 6.45) is 1.48.